The van der Waals surface area contributed by atoms with Crippen LogP contribution in [0.25, 0.3) is 0 Å². The smallest absolute Gasteiger partial charge is 0.0587 e. The first-order valence-corrected chi connectivity index (χ1v) is 5.89. The normalized spacial score (nSPS) is 10.7. The van der Waals surface area contributed by atoms with Crippen molar-refractivity contribution < 1.29 is 4.74 Å². The minimum absolute atomic E-state index is 0.758. The van der Waals surface area contributed by atoms with Gasteiger partial charge in [-0.15, -0.1) is 0 Å². The van der Waals surface area contributed by atoms with Crippen LogP contribution in [-0.4, -0.2) is 20.3 Å². The van der Waals surface area contributed by atoms with Crippen molar-refractivity contribution in [1.82, 2.24) is 5.32 Å². The van der Waals surface area contributed by atoms with Gasteiger partial charge in [-0.1, -0.05) is 28.1 Å². The molecule has 0 saturated heterocycles. The number of hydrogen-bond acceptors (Lipinski definition) is 2. The van der Waals surface area contributed by atoms with E-state index in [1.807, 2.05) is 0 Å². The molecule has 0 heterocycles. The van der Waals surface area contributed by atoms with Gasteiger partial charge in [0.2, 0.25) is 0 Å². The van der Waals surface area contributed by atoms with Gasteiger partial charge in [0.05, 0.1) is 6.61 Å². The van der Waals surface area contributed by atoms with Gasteiger partial charge in [-0.3, -0.25) is 0 Å². The maximum Gasteiger partial charge on any atom is 0.0587 e. The number of rotatable bonds is 5. The fraction of sp³-hybridized carbons (Fsp3) is 0.500. The van der Waals surface area contributed by atoms with Crippen molar-refractivity contribution in [1.29, 1.82) is 0 Å². The Kier molecular flexibility index (Phi) is 5.29. The predicted molar refractivity (Wildman–Crippen MR) is 67.2 cm³/mol. The second-order valence-corrected chi connectivity index (χ2v) is 4.51. The van der Waals surface area contributed by atoms with Gasteiger partial charge in [-0.25, -0.2) is 0 Å². The zero-order valence-electron chi connectivity index (χ0n) is 9.56. The highest BCUT2D eigenvalue weighted by molar-refractivity contribution is 9.10. The standard InChI is InChI=1S/C12H18BrNO/c1-9-6-11(7-10(2)12(9)13)8-14-4-5-15-3/h6-7,14H,4-5,8H2,1-3H3. The van der Waals surface area contributed by atoms with Crippen molar-refractivity contribution in [2.75, 3.05) is 20.3 Å². The van der Waals surface area contributed by atoms with Crippen LogP contribution in [0.15, 0.2) is 16.6 Å². The molecular formula is C12H18BrNO. The van der Waals surface area contributed by atoms with Crippen molar-refractivity contribution in [2.24, 2.45) is 0 Å². The number of halogens is 1. The fourth-order valence-corrected chi connectivity index (χ4v) is 1.77. The first-order chi connectivity index (χ1) is 7.15. The monoisotopic (exact) mass is 271 g/mol. The van der Waals surface area contributed by atoms with E-state index in [1.54, 1.807) is 7.11 Å². The minimum Gasteiger partial charge on any atom is -0.383 e. The quantitative estimate of drug-likeness (QED) is 0.832. The summed E-state index contributed by atoms with van der Waals surface area (Å²) >= 11 is 3.57. The molecule has 2 nitrogen and oxygen atoms in total. The Morgan fingerprint density at radius 2 is 1.87 bits per heavy atom. The van der Waals surface area contributed by atoms with Gasteiger partial charge in [0.15, 0.2) is 0 Å². The van der Waals surface area contributed by atoms with Crippen LogP contribution in [0.5, 0.6) is 0 Å². The first kappa shape index (κ1) is 12.7. The highest BCUT2D eigenvalue weighted by Gasteiger charge is 2.01. The van der Waals surface area contributed by atoms with Gasteiger partial charge in [-0.05, 0) is 30.5 Å². The van der Waals surface area contributed by atoms with Crippen molar-refractivity contribution in [3.63, 3.8) is 0 Å². The van der Waals surface area contributed by atoms with Crippen LogP contribution in [0.1, 0.15) is 16.7 Å². The van der Waals surface area contributed by atoms with E-state index in [-0.39, 0.29) is 0 Å². The van der Waals surface area contributed by atoms with Crippen molar-refractivity contribution in [3.05, 3.63) is 33.3 Å². The minimum atomic E-state index is 0.758. The van der Waals surface area contributed by atoms with Gasteiger partial charge < -0.3 is 10.1 Å². The predicted octanol–water partition coefficient (Wildman–Crippen LogP) is 2.80. The average Bonchev–Trinajstić information content (AvgIpc) is 2.21. The van der Waals surface area contributed by atoms with Gasteiger partial charge in [0.1, 0.15) is 0 Å². The molecule has 0 radical (unpaired) electrons. The Labute approximate surface area is 100 Å². The summed E-state index contributed by atoms with van der Waals surface area (Å²) in [6, 6.07) is 4.41. The van der Waals surface area contributed by atoms with Crippen LogP contribution in [-0.2, 0) is 11.3 Å². The molecule has 0 unspecified atom stereocenters. The maximum atomic E-state index is 4.98. The number of hydrogen-bond donors (Lipinski definition) is 1. The Morgan fingerprint density at radius 3 is 2.40 bits per heavy atom. The third-order valence-corrected chi connectivity index (χ3v) is 3.56. The van der Waals surface area contributed by atoms with E-state index in [0.29, 0.717) is 0 Å². The van der Waals surface area contributed by atoms with Crippen LogP contribution in [0, 0.1) is 13.8 Å². The Morgan fingerprint density at radius 1 is 1.27 bits per heavy atom. The summed E-state index contributed by atoms with van der Waals surface area (Å²) in [7, 11) is 1.72. The average molecular weight is 272 g/mol. The molecule has 1 aromatic rings. The lowest BCUT2D eigenvalue weighted by atomic mass is 10.1. The first-order valence-electron chi connectivity index (χ1n) is 5.10. The van der Waals surface area contributed by atoms with E-state index in [1.165, 1.54) is 21.2 Å². The molecule has 0 aliphatic rings. The second-order valence-electron chi connectivity index (χ2n) is 3.71. The zero-order valence-corrected chi connectivity index (χ0v) is 11.1. The van der Waals surface area contributed by atoms with E-state index < -0.39 is 0 Å². The van der Waals surface area contributed by atoms with Gasteiger partial charge in [-0.2, -0.15) is 0 Å². The lowest BCUT2D eigenvalue weighted by molar-refractivity contribution is 0.199. The van der Waals surface area contributed by atoms with Crippen LogP contribution >= 0.6 is 15.9 Å². The molecule has 1 aromatic carbocycles. The largest absolute Gasteiger partial charge is 0.383 e. The van der Waals surface area contributed by atoms with Crippen LogP contribution in [0.3, 0.4) is 0 Å². The molecule has 0 aliphatic heterocycles. The van der Waals surface area contributed by atoms with Gasteiger partial charge in [0.25, 0.3) is 0 Å². The van der Waals surface area contributed by atoms with Gasteiger partial charge >= 0.3 is 0 Å². The van der Waals surface area contributed by atoms with E-state index in [4.69, 9.17) is 4.74 Å². The highest BCUT2D eigenvalue weighted by Crippen LogP contribution is 2.22. The number of methoxy groups -OCH3 is 1. The van der Waals surface area contributed by atoms with Gasteiger partial charge in [0, 0.05) is 24.7 Å². The number of benzene rings is 1. The van der Waals surface area contributed by atoms with Crippen LogP contribution < -0.4 is 5.32 Å². The molecule has 0 fully saturated rings. The molecule has 0 bridgehead atoms. The summed E-state index contributed by atoms with van der Waals surface area (Å²) in [4.78, 5) is 0. The van der Waals surface area contributed by atoms with Crippen molar-refractivity contribution in [2.45, 2.75) is 20.4 Å². The van der Waals surface area contributed by atoms with E-state index in [0.717, 1.165) is 19.7 Å². The summed E-state index contributed by atoms with van der Waals surface area (Å²) in [5.41, 5.74) is 3.90. The Balaban J connectivity index is 2.55. The topological polar surface area (TPSA) is 21.3 Å². The number of aryl methyl sites for hydroxylation is 2. The summed E-state index contributed by atoms with van der Waals surface area (Å²) in [5.74, 6) is 0. The van der Waals surface area contributed by atoms with Crippen LogP contribution in [0.4, 0.5) is 0 Å². The molecule has 0 aliphatic carbocycles. The highest BCUT2D eigenvalue weighted by atomic mass is 79.9. The molecule has 1 rings (SSSR count). The zero-order chi connectivity index (χ0) is 11.3. The SMILES string of the molecule is COCCNCc1cc(C)c(Br)c(C)c1. The Hall–Kier alpha value is -0.380. The third kappa shape index (κ3) is 3.93. The van der Waals surface area contributed by atoms with E-state index >= 15 is 0 Å². The summed E-state index contributed by atoms with van der Waals surface area (Å²) < 4.78 is 6.19. The van der Waals surface area contributed by atoms with E-state index in [2.05, 4.69) is 47.2 Å². The van der Waals surface area contributed by atoms with E-state index in [9.17, 15) is 0 Å². The van der Waals surface area contributed by atoms with Crippen LogP contribution in [0.2, 0.25) is 0 Å². The molecule has 3 heteroatoms. The molecule has 15 heavy (non-hydrogen) atoms. The number of nitrogens with one attached hydrogen (secondary N) is 1. The summed E-state index contributed by atoms with van der Waals surface area (Å²) in [6.07, 6.45) is 0. The third-order valence-electron chi connectivity index (χ3n) is 2.31. The second kappa shape index (κ2) is 6.26. The lowest BCUT2D eigenvalue weighted by Crippen LogP contribution is -2.18. The molecule has 84 valence electrons. The van der Waals surface area contributed by atoms with Crippen molar-refractivity contribution >= 4 is 15.9 Å². The van der Waals surface area contributed by atoms with Crippen molar-refractivity contribution in [3.8, 4) is 0 Å². The molecule has 1 N–H and O–H groups in total. The molecule has 0 aromatic heterocycles. The number of ether oxygens (including phenoxy) is 1. The molecule has 0 amide bonds. The molecule has 0 spiro atoms. The summed E-state index contributed by atoms with van der Waals surface area (Å²) in [6.45, 7) is 6.79. The maximum absolute atomic E-state index is 4.98. The Bertz CT molecular complexity index is 302. The molecule has 0 saturated carbocycles. The molecule has 0 atom stereocenters. The fourth-order valence-electron chi connectivity index (χ4n) is 1.54. The lowest BCUT2D eigenvalue weighted by Gasteiger charge is -2.09. The summed E-state index contributed by atoms with van der Waals surface area (Å²) in [5, 5.41) is 3.34. The molecular weight excluding hydrogens is 254 g/mol.